The van der Waals surface area contributed by atoms with Gasteiger partial charge in [-0.3, -0.25) is 9.59 Å². The van der Waals surface area contributed by atoms with Gasteiger partial charge >= 0.3 is 6.03 Å². The van der Waals surface area contributed by atoms with E-state index in [4.69, 9.17) is 9.47 Å². The molecule has 0 saturated heterocycles. The van der Waals surface area contributed by atoms with Gasteiger partial charge in [-0.05, 0) is 51.8 Å². The average molecular weight is 489 g/mol. The van der Waals surface area contributed by atoms with Gasteiger partial charge in [0.05, 0.1) is 17.7 Å². The molecule has 0 radical (unpaired) electrons. The number of methoxy groups -OCH3 is 1. The van der Waals surface area contributed by atoms with E-state index in [2.05, 4.69) is 10.6 Å². The molecule has 0 aromatic heterocycles. The summed E-state index contributed by atoms with van der Waals surface area (Å²) in [6.45, 7) is 8.83. The zero-order chi connectivity index (χ0) is 25.7. The minimum Gasteiger partial charge on any atom is -0.491 e. The van der Waals surface area contributed by atoms with Crippen molar-refractivity contribution in [2.24, 2.45) is 11.8 Å². The molecule has 3 atom stereocenters. The number of hydrogen-bond acceptors (Lipinski definition) is 5. The van der Waals surface area contributed by atoms with E-state index < -0.39 is 0 Å². The summed E-state index contributed by atoms with van der Waals surface area (Å²) in [4.78, 5) is 42.3. The maximum atomic E-state index is 13.4. The first-order valence-electron chi connectivity index (χ1n) is 12.5. The van der Waals surface area contributed by atoms with Gasteiger partial charge in [0.2, 0.25) is 5.91 Å². The van der Waals surface area contributed by atoms with Crippen LogP contribution in [0.3, 0.4) is 0 Å². The molecule has 1 aromatic carbocycles. The molecule has 0 bridgehead atoms. The smallest absolute Gasteiger partial charge is 0.317 e. The number of fused-ring (bicyclic) bond motifs is 1. The van der Waals surface area contributed by atoms with Gasteiger partial charge in [-0.15, -0.1) is 0 Å². The molecule has 35 heavy (non-hydrogen) atoms. The molecule has 1 aliphatic heterocycles. The van der Waals surface area contributed by atoms with Crippen LogP contribution >= 0.6 is 0 Å². The largest absolute Gasteiger partial charge is 0.491 e. The highest BCUT2D eigenvalue weighted by Crippen LogP contribution is 2.30. The Kier molecular flexibility index (Phi) is 8.99. The second kappa shape index (κ2) is 11.7. The third-order valence-corrected chi connectivity index (χ3v) is 6.86. The minimum absolute atomic E-state index is 0.00331. The van der Waals surface area contributed by atoms with Crippen molar-refractivity contribution >= 4 is 23.5 Å². The van der Waals surface area contributed by atoms with E-state index in [1.165, 1.54) is 0 Å². The molecule has 1 aromatic rings. The van der Waals surface area contributed by atoms with E-state index >= 15 is 0 Å². The van der Waals surface area contributed by atoms with Gasteiger partial charge in [0.25, 0.3) is 5.91 Å². The number of amides is 4. The van der Waals surface area contributed by atoms with Crippen LogP contribution in [0, 0.1) is 11.8 Å². The number of ether oxygens (including phenoxy) is 2. The van der Waals surface area contributed by atoms with Gasteiger partial charge in [0, 0.05) is 50.8 Å². The molecule has 0 unspecified atom stereocenters. The van der Waals surface area contributed by atoms with E-state index in [0.29, 0.717) is 30.1 Å². The van der Waals surface area contributed by atoms with E-state index in [1.54, 1.807) is 42.2 Å². The molecule has 2 N–H and O–H groups in total. The zero-order valence-electron chi connectivity index (χ0n) is 21.8. The second-order valence-corrected chi connectivity index (χ2v) is 10.2. The lowest BCUT2D eigenvalue weighted by atomic mass is 9.85. The van der Waals surface area contributed by atoms with Gasteiger partial charge in [-0.25, -0.2) is 4.79 Å². The molecule has 2 aliphatic rings. The van der Waals surface area contributed by atoms with Crippen LogP contribution in [-0.2, 0) is 9.53 Å². The molecule has 9 heteroatoms. The second-order valence-electron chi connectivity index (χ2n) is 10.2. The molecule has 1 aliphatic carbocycles. The highest BCUT2D eigenvalue weighted by Gasteiger charge is 2.31. The van der Waals surface area contributed by atoms with Crippen molar-refractivity contribution in [2.75, 3.05) is 39.2 Å². The Bertz CT molecular complexity index is 917. The predicted molar refractivity (Wildman–Crippen MR) is 135 cm³/mol. The number of likely N-dealkylation sites (N-methyl/N-ethyl adjacent to an activating group) is 1. The number of carbonyl (C=O) groups is 3. The van der Waals surface area contributed by atoms with Crippen molar-refractivity contribution in [2.45, 2.75) is 65.1 Å². The van der Waals surface area contributed by atoms with Crippen LogP contribution in [0.2, 0.25) is 0 Å². The number of rotatable bonds is 4. The van der Waals surface area contributed by atoms with E-state index in [0.717, 1.165) is 19.3 Å². The summed E-state index contributed by atoms with van der Waals surface area (Å²) in [5.74, 6) is 0.208. The number of anilines is 1. The van der Waals surface area contributed by atoms with Crippen molar-refractivity contribution in [1.82, 2.24) is 15.1 Å². The molecule has 1 fully saturated rings. The Morgan fingerprint density at radius 1 is 1.17 bits per heavy atom. The standard InChI is InChI=1S/C26H40N4O5/c1-16(2)27-26(33)30-13-17(3)23(34-6)14-29(5)25(32)21-12-20(28-24(31)19-8-7-9-19)10-11-22(21)35-15-18(30)4/h10-12,16-19,23H,7-9,13-15H2,1-6H3,(H,27,33)(H,28,31)/t17-,18-,23-/m0/s1. The van der Waals surface area contributed by atoms with Crippen LogP contribution in [0.4, 0.5) is 10.5 Å². The quantitative estimate of drug-likeness (QED) is 0.677. The number of hydrogen-bond donors (Lipinski definition) is 2. The fourth-order valence-corrected chi connectivity index (χ4v) is 4.38. The fourth-order valence-electron chi connectivity index (χ4n) is 4.38. The summed E-state index contributed by atoms with van der Waals surface area (Å²) >= 11 is 0. The van der Waals surface area contributed by atoms with Crippen LogP contribution in [-0.4, -0.2) is 79.7 Å². The first-order chi connectivity index (χ1) is 16.6. The lowest BCUT2D eigenvalue weighted by Crippen LogP contribution is -2.52. The predicted octanol–water partition coefficient (Wildman–Crippen LogP) is 3.35. The van der Waals surface area contributed by atoms with Crippen molar-refractivity contribution in [3.63, 3.8) is 0 Å². The monoisotopic (exact) mass is 488 g/mol. The van der Waals surface area contributed by atoms with Crippen LogP contribution < -0.4 is 15.4 Å². The van der Waals surface area contributed by atoms with Crippen LogP contribution in [0.5, 0.6) is 5.75 Å². The molecule has 9 nitrogen and oxygen atoms in total. The summed E-state index contributed by atoms with van der Waals surface area (Å²) in [6, 6.07) is 4.74. The number of nitrogens with one attached hydrogen (secondary N) is 2. The Morgan fingerprint density at radius 2 is 1.89 bits per heavy atom. The average Bonchev–Trinajstić information content (AvgIpc) is 2.76. The van der Waals surface area contributed by atoms with Crippen LogP contribution in [0.1, 0.15) is 57.3 Å². The lowest BCUT2D eigenvalue weighted by molar-refractivity contribution is -0.122. The van der Waals surface area contributed by atoms with Crippen LogP contribution in [0.15, 0.2) is 18.2 Å². The highest BCUT2D eigenvalue weighted by atomic mass is 16.5. The number of benzene rings is 1. The number of carbonyl (C=O) groups excluding carboxylic acids is 3. The van der Waals surface area contributed by atoms with Gasteiger partial charge in [0.1, 0.15) is 12.4 Å². The third kappa shape index (κ3) is 6.66. The highest BCUT2D eigenvalue weighted by molar-refractivity contribution is 6.00. The summed E-state index contributed by atoms with van der Waals surface area (Å²) in [5, 5.41) is 5.91. The Morgan fingerprint density at radius 3 is 2.49 bits per heavy atom. The van der Waals surface area contributed by atoms with E-state index in [-0.39, 0.29) is 54.5 Å². The van der Waals surface area contributed by atoms with Gasteiger partial charge < -0.3 is 29.9 Å². The summed E-state index contributed by atoms with van der Waals surface area (Å²) in [6.07, 6.45) is 2.60. The first kappa shape index (κ1) is 26.8. The first-order valence-corrected chi connectivity index (χ1v) is 12.5. The van der Waals surface area contributed by atoms with Gasteiger partial charge in [0.15, 0.2) is 0 Å². The van der Waals surface area contributed by atoms with Crippen molar-refractivity contribution in [1.29, 1.82) is 0 Å². The molecule has 3 rings (SSSR count). The third-order valence-electron chi connectivity index (χ3n) is 6.86. The van der Waals surface area contributed by atoms with Crippen molar-refractivity contribution in [3.8, 4) is 5.75 Å². The summed E-state index contributed by atoms with van der Waals surface area (Å²) in [7, 11) is 3.35. The molecule has 0 spiro atoms. The SMILES string of the molecule is CO[C@H]1CN(C)C(=O)c2cc(NC(=O)C3CCC3)ccc2OC[C@H](C)N(C(=O)NC(C)C)C[C@@H]1C. The van der Waals surface area contributed by atoms with Crippen LogP contribution in [0.25, 0.3) is 0 Å². The molecular formula is C26H40N4O5. The molecule has 1 saturated carbocycles. The topological polar surface area (TPSA) is 100 Å². The number of urea groups is 1. The Labute approximate surface area is 208 Å². The molecule has 194 valence electrons. The zero-order valence-corrected chi connectivity index (χ0v) is 21.8. The fraction of sp³-hybridized carbons (Fsp3) is 0.654. The van der Waals surface area contributed by atoms with Gasteiger partial charge in [-0.2, -0.15) is 0 Å². The Hall–Kier alpha value is -2.81. The van der Waals surface area contributed by atoms with E-state index in [9.17, 15) is 14.4 Å². The molecule has 4 amide bonds. The van der Waals surface area contributed by atoms with Crippen molar-refractivity contribution in [3.05, 3.63) is 23.8 Å². The molecule has 1 heterocycles. The van der Waals surface area contributed by atoms with Gasteiger partial charge in [-0.1, -0.05) is 13.3 Å². The Balaban J connectivity index is 1.91. The summed E-state index contributed by atoms with van der Waals surface area (Å²) in [5.41, 5.74) is 0.938. The minimum atomic E-state index is -0.268. The maximum Gasteiger partial charge on any atom is 0.317 e. The lowest BCUT2D eigenvalue weighted by Gasteiger charge is -2.36. The van der Waals surface area contributed by atoms with E-state index in [1.807, 2.05) is 27.7 Å². The normalized spacial score (nSPS) is 24.0. The number of nitrogens with zero attached hydrogens (tertiary/aromatic N) is 2. The van der Waals surface area contributed by atoms with Crippen molar-refractivity contribution < 1.29 is 23.9 Å². The maximum absolute atomic E-state index is 13.4. The summed E-state index contributed by atoms with van der Waals surface area (Å²) < 4.78 is 11.8. The molecular weight excluding hydrogens is 448 g/mol.